The highest BCUT2D eigenvalue weighted by Gasteiger charge is 2.51. The third-order valence-electron chi connectivity index (χ3n) is 4.79. The molecule has 0 N–H and O–H groups in total. The lowest BCUT2D eigenvalue weighted by atomic mass is 9.78. The minimum Gasteiger partial charge on any atom is -0.487 e. The van der Waals surface area contributed by atoms with Crippen LogP contribution in [-0.2, 0) is 15.9 Å². The van der Waals surface area contributed by atoms with E-state index < -0.39 is 0 Å². The molecule has 0 spiro atoms. The molecule has 0 saturated carbocycles. The maximum Gasteiger partial charge on any atom is 0.494 e. The second-order valence-corrected chi connectivity index (χ2v) is 7.96. The fraction of sp³-hybridized carbons (Fsp3) is 0.368. The predicted octanol–water partition coefficient (Wildman–Crippen LogP) is 4.87. The van der Waals surface area contributed by atoms with Gasteiger partial charge in [0.25, 0.3) is 0 Å². The van der Waals surface area contributed by atoms with Crippen LogP contribution >= 0.6 is 23.2 Å². The highest BCUT2D eigenvalue weighted by molar-refractivity contribution is 6.62. The minimum absolute atomic E-state index is 0.363. The molecule has 6 heteroatoms. The fourth-order valence-corrected chi connectivity index (χ4v) is 2.91. The van der Waals surface area contributed by atoms with Crippen LogP contribution in [0, 0.1) is 0 Å². The van der Waals surface area contributed by atoms with Gasteiger partial charge in [-0.25, -0.2) is 0 Å². The topological polar surface area (TPSA) is 27.7 Å². The Morgan fingerprint density at radius 1 is 0.960 bits per heavy atom. The van der Waals surface area contributed by atoms with Crippen molar-refractivity contribution < 1.29 is 14.0 Å². The van der Waals surface area contributed by atoms with Gasteiger partial charge in [0.15, 0.2) is 0 Å². The Hall–Kier alpha value is -1.20. The number of hydrogen-bond acceptors (Lipinski definition) is 3. The number of hydrogen-bond donors (Lipinski definition) is 0. The maximum atomic E-state index is 6.16. The van der Waals surface area contributed by atoms with E-state index in [1.165, 1.54) is 0 Å². The second kappa shape index (κ2) is 6.84. The van der Waals surface area contributed by atoms with Crippen molar-refractivity contribution in [2.45, 2.75) is 45.5 Å². The first-order valence-corrected chi connectivity index (χ1v) is 8.96. The van der Waals surface area contributed by atoms with E-state index in [9.17, 15) is 0 Å². The van der Waals surface area contributed by atoms with Gasteiger partial charge >= 0.3 is 7.12 Å². The Kier molecular flexibility index (Phi) is 5.09. The third kappa shape index (κ3) is 3.82. The number of benzene rings is 2. The lowest BCUT2D eigenvalue weighted by molar-refractivity contribution is 0.00578. The van der Waals surface area contributed by atoms with Crippen LogP contribution in [0.3, 0.4) is 0 Å². The van der Waals surface area contributed by atoms with Gasteiger partial charge in [-0.3, -0.25) is 0 Å². The molecule has 1 aliphatic heterocycles. The van der Waals surface area contributed by atoms with Crippen molar-refractivity contribution in [1.82, 2.24) is 0 Å². The molecular formula is C19H21BCl2O3. The molecule has 0 amide bonds. The van der Waals surface area contributed by atoms with Crippen molar-refractivity contribution in [3.63, 3.8) is 0 Å². The highest BCUT2D eigenvalue weighted by Crippen LogP contribution is 2.36. The molecule has 2 aromatic rings. The molecule has 0 bridgehead atoms. The van der Waals surface area contributed by atoms with Crippen molar-refractivity contribution in [1.29, 1.82) is 0 Å². The van der Waals surface area contributed by atoms with Crippen LogP contribution in [0.15, 0.2) is 42.5 Å². The van der Waals surface area contributed by atoms with E-state index in [0.29, 0.717) is 22.4 Å². The molecule has 0 radical (unpaired) electrons. The summed E-state index contributed by atoms with van der Waals surface area (Å²) in [6, 6.07) is 13.3. The van der Waals surface area contributed by atoms with E-state index in [2.05, 4.69) is 0 Å². The molecule has 132 valence electrons. The monoisotopic (exact) mass is 378 g/mol. The molecule has 1 heterocycles. The first-order chi connectivity index (χ1) is 11.7. The Labute approximate surface area is 159 Å². The van der Waals surface area contributed by atoms with Crippen LogP contribution in [0.4, 0.5) is 0 Å². The van der Waals surface area contributed by atoms with Gasteiger partial charge in [-0.15, -0.1) is 0 Å². The summed E-state index contributed by atoms with van der Waals surface area (Å²) in [5.74, 6) is 0.565. The summed E-state index contributed by atoms with van der Waals surface area (Å²) in [6.07, 6.45) is 0. The normalized spacial score (nSPS) is 18.4. The Balaban J connectivity index is 1.73. The van der Waals surface area contributed by atoms with E-state index in [1.54, 1.807) is 12.1 Å². The largest absolute Gasteiger partial charge is 0.494 e. The first kappa shape index (κ1) is 18.6. The molecule has 3 rings (SSSR count). The average molecular weight is 379 g/mol. The van der Waals surface area contributed by atoms with E-state index in [4.69, 9.17) is 37.2 Å². The molecule has 1 aliphatic rings. The molecule has 0 aliphatic carbocycles. The molecule has 3 nitrogen and oxygen atoms in total. The van der Waals surface area contributed by atoms with Gasteiger partial charge < -0.3 is 14.0 Å². The number of halogens is 2. The maximum absolute atomic E-state index is 6.16. The summed E-state index contributed by atoms with van der Waals surface area (Å²) in [5.41, 5.74) is 1.25. The van der Waals surface area contributed by atoms with Gasteiger partial charge in [0.1, 0.15) is 17.4 Å². The van der Waals surface area contributed by atoms with Gasteiger partial charge in [0.2, 0.25) is 0 Å². The van der Waals surface area contributed by atoms with Crippen molar-refractivity contribution in [2.24, 2.45) is 0 Å². The summed E-state index contributed by atoms with van der Waals surface area (Å²) in [4.78, 5) is 0. The average Bonchev–Trinajstić information content (AvgIpc) is 2.77. The van der Waals surface area contributed by atoms with E-state index >= 15 is 0 Å². The second-order valence-electron chi connectivity index (χ2n) is 7.17. The van der Waals surface area contributed by atoms with E-state index in [1.807, 2.05) is 58.0 Å². The van der Waals surface area contributed by atoms with Crippen LogP contribution in [0.2, 0.25) is 10.0 Å². The van der Waals surface area contributed by atoms with Crippen LogP contribution in [-0.4, -0.2) is 18.3 Å². The standard InChI is InChI=1S/C19H21BCl2O3/c1-18(2)19(3,4)25-20(24-18)14-8-5-7-13(11-14)12-23-16-10-6-9-15(21)17(16)22/h5-11H,12H2,1-4H3. The van der Waals surface area contributed by atoms with E-state index in [-0.39, 0.29) is 18.3 Å². The number of ether oxygens (including phenoxy) is 1. The molecule has 0 atom stereocenters. The summed E-state index contributed by atoms with van der Waals surface area (Å²) in [6.45, 7) is 8.55. The minimum atomic E-state index is -0.389. The van der Waals surface area contributed by atoms with Gasteiger partial charge in [0, 0.05) is 0 Å². The molecular weight excluding hydrogens is 358 g/mol. The van der Waals surface area contributed by atoms with Crippen molar-refractivity contribution in [2.75, 3.05) is 0 Å². The Bertz CT molecular complexity index is 761. The molecule has 0 unspecified atom stereocenters. The highest BCUT2D eigenvalue weighted by atomic mass is 35.5. The van der Waals surface area contributed by atoms with Gasteiger partial charge in [0.05, 0.1) is 16.2 Å². The summed E-state index contributed by atoms with van der Waals surface area (Å²) in [5, 5.41) is 0.899. The van der Waals surface area contributed by atoms with Crippen LogP contribution < -0.4 is 10.2 Å². The zero-order valence-corrected chi connectivity index (χ0v) is 16.3. The first-order valence-electron chi connectivity index (χ1n) is 8.21. The predicted molar refractivity (Wildman–Crippen MR) is 103 cm³/mol. The van der Waals surface area contributed by atoms with E-state index in [0.717, 1.165) is 11.0 Å². The lowest BCUT2D eigenvalue weighted by Crippen LogP contribution is -2.41. The van der Waals surface area contributed by atoms with Gasteiger partial charge in [-0.05, 0) is 50.9 Å². The summed E-state index contributed by atoms with van der Waals surface area (Å²) >= 11 is 12.2. The van der Waals surface area contributed by atoms with Crippen LogP contribution in [0.25, 0.3) is 0 Å². The molecule has 0 aromatic heterocycles. The molecule has 1 saturated heterocycles. The molecule has 25 heavy (non-hydrogen) atoms. The quantitative estimate of drug-likeness (QED) is 0.710. The zero-order valence-electron chi connectivity index (χ0n) is 14.8. The molecule has 2 aromatic carbocycles. The lowest BCUT2D eigenvalue weighted by Gasteiger charge is -2.32. The fourth-order valence-electron chi connectivity index (χ4n) is 2.57. The van der Waals surface area contributed by atoms with Crippen LogP contribution in [0.5, 0.6) is 5.75 Å². The molecule has 1 fully saturated rings. The number of rotatable bonds is 4. The smallest absolute Gasteiger partial charge is 0.487 e. The summed E-state index contributed by atoms with van der Waals surface area (Å²) < 4.78 is 18.0. The van der Waals surface area contributed by atoms with Crippen molar-refractivity contribution in [3.05, 3.63) is 58.1 Å². The SMILES string of the molecule is CC1(C)OB(c2cccc(COc3cccc(Cl)c3Cl)c2)OC1(C)C. The van der Waals surface area contributed by atoms with Gasteiger partial charge in [-0.1, -0.05) is 53.5 Å². The summed E-state index contributed by atoms with van der Waals surface area (Å²) in [7, 11) is -0.389. The Morgan fingerprint density at radius 2 is 1.60 bits per heavy atom. The van der Waals surface area contributed by atoms with Crippen molar-refractivity contribution in [3.8, 4) is 5.75 Å². The zero-order chi connectivity index (χ0) is 18.2. The van der Waals surface area contributed by atoms with Crippen molar-refractivity contribution >= 4 is 35.8 Å². The third-order valence-corrected chi connectivity index (χ3v) is 5.59. The van der Waals surface area contributed by atoms with Gasteiger partial charge in [-0.2, -0.15) is 0 Å². The Morgan fingerprint density at radius 3 is 2.28 bits per heavy atom. The van der Waals surface area contributed by atoms with Crippen LogP contribution in [0.1, 0.15) is 33.3 Å².